The van der Waals surface area contributed by atoms with Crippen LogP contribution in [-0.2, 0) is 19.7 Å². The lowest BCUT2D eigenvalue weighted by atomic mass is 10.2. The van der Waals surface area contributed by atoms with Gasteiger partial charge in [-0.3, -0.25) is 0 Å². The Hall–Kier alpha value is -0.480. The molecule has 0 unspecified atom stereocenters. The maximum atomic E-state index is 12.6. The lowest BCUT2D eigenvalue weighted by Crippen LogP contribution is -2.45. The van der Waals surface area contributed by atoms with Gasteiger partial charge in [0.25, 0.3) is 0 Å². The molecule has 9 heteroatoms. The largest absolute Gasteiger partial charge is 0.310 e. The second-order valence-electron chi connectivity index (χ2n) is 5.46. The molecule has 0 amide bonds. The second kappa shape index (κ2) is 6.33. The summed E-state index contributed by atoms with van der Waals surface area (Å²) < 4.78 is 49.1. The predicted molar refractivity (Wildman–Crippen MR) is 84.3 cm³/mol. The van der Waals surface area contributed by atoms with E-state index in [4.69, 9.17) is 0 Å². The van der Waals surface area contributed by atoms with Gasteiger partial charge >= 0.3 is 0 Å². The molecule has 0 bridgehead atoms. The zero-order valence-electron chi connectivity index (χ0n) is 12.0. The Morgan fingerprint density at radius 1 is 1.38 bits per heavy atom. The summed E-state index contributed by atoms with van der Waals surface area (Å²) in [5.41, 5.74) is 0. The van der Waals surface area contributed by atoms with Gasteiger partial charge in [-0.05, 0) is 25.5 Å². The average molecular weight is 353 g/mol. The zero-order chi connectivity index (χ0) is 15.7. The summed E-state index contributed by atoms with van der Waals surface area (Å²) in [6, 6.07) is 2.65. The van der Waals surface area contributed by atoms with Crippen LogP contribution in [0.4, 0.5) is 0 Å². The van der Waals surface area contributed by atoms with Crippen LogP contribution < -0.4 is 5.32 Å². The monoisotopic (exact) mass is 352 g/mol. The molecule has 0 spiro atoms. The quantitative estimate of drug-likeness (QED) is 0.766. The average Bonchev–Trinajstić information content (AvgIpc) is 2.96. The number of thiophene rings is 1. The van der Waals surface area contributed by atoms with Gasteiger partial charge in [-0.15, -0.1) is 11.3 Å². The van der Waals surface area contributed by atoms with Crippen molar-refractivity contribution in [2.24, 2.45) is 0 Å². The second-order valence-corrected chi connectivity index (χ2v) is 11.0. The first-order valence-corrected chi connectivity index (χ1v) is 10.8. The van der Waals surface area contributed by atoms with Gasteiger partial charge in [0.1, 0.15) is 4.21 Å². The molecule has 1 saturated heterocycles. The van der Waals surface area contributed by atoms with Crippen molar-refractivity contribution in [2.45, 2.75) is 15.5 Å². The van der Waals surface area contributed by atoms with E-state index in [2.05, 4.69) is 5.32 Å². The van der Waals surface area contributed by atoms with Gasteiger partial charge in [-0.2, -0.15) is 0 Å². The Morgan fingerprint density at radius 3 is 2.67 bits per heavy atom. The topological polar surface area (TPSA) is 83.6 Å². The smallest absolute Gasteiger partial charge is 0.193 e. The number of rotatable bonds is 6. The van der Waals surface area contributed by atoms with Crippen LogP contribution in [0.2, 0.25) is 0 Å². The van der Waals surface area contributed by atoms with Crippen LogP contribution in [0.3, 0.4) is 0 Å². The van der Waals surface area contributed by atoms with Crippen LogP contribution in [0.15, 0.2) is 21.7 Å². The number of sulfone groups is 2. The molecule has 1 aromatic rings. The van der Waals surface area contributed by atoms with E-state index in [0.29, 0.717) is 6.54 Å². The minimum atomic E-state index is -3.60. The van der Waals surface area contributed by atoms with Crippen molar-refractivity contribution in [2.75, 3.05) is 38.7 Å². The maximum absolute atomic E-state index is 12.6. The summed E-state index contributed by atoms with van der Waals surface area (Å²) in [4.78, 5) is 1.96. The molecule has 2 atom stereocenters. The van der Waals surface area contributed by atoms with Gasteiger partial charge in [0, 0.05) is 19.1 Å². The van der Waals surface area contributed by atoms with Crippen LogP contribution in [0, 0.1) is 0 Å². The lowest BCUT2D eigenvalue weighted by molar-refractivity contribution is 0.388. The van der Waals surface area contributed by atoms with Gasteiger partial charge in [0.2, 0.25) is 0 Å². The molecule has 21 heavy (non-hydrogen) atoms. The molecular weight excluding hydrogens is 332 g/mol. The molecule has 0 saturated carbocycles. The molecular formula is C12H20N2O4S3. The van der Waals surface area contributed by atoms with Crippen molar-refractivity contribution >= 4 is 31.0 Å². The van der Waals surface area contributed by atoms with Crippen molar-refractivity contribution in [1.82, 2.24) is 10.2 Å². The highest BCUT2D eigenvalue weighted by Gasteiger charge is 2.45. The van der Waals surface area contributed by atoms with E-state index < -0.39 is 31.0 Å². The van der Waals surface area contributed by atoms with Crippen LogP contribution in [-0.4, -0.2) is 71.7 Å². The Morgan fingerprint density at radius 2 is 2.10 bits per heavy atom. The fraction of sp³-hybridized carbons (Fsp3) is 0.667. The molecule has 1 N–H and O–H groups in total. The van der Waals surface area contributed by atoms with E-state index in [1.54, 1.807) is 11.4 Å². The molecule has 1 aliphatic heterocycles. The SMILES string of the molecule is CN(C)CCN[C@H]1CS(=O)(=O)C[C@@H]1S(=O)(=O)c1cccs1. The third-order valence-electron chi connectivity index (χ3n) is 3.44. The molecule has 6 nitrogen and oxygen atoms in total. The molecule has 1 aliphatic rings. The van der Waals surface area contributed by atoms with Crippen molar-refractivity contribution < 1.29 is 16.8 Å². The van der Waals surface area contributed by atoms with E-state index in [1.165, 1.54) is 6.07 Å². The van der Waals surface area contributed by atoms with Gasteiger partial charge in [0.05, 0.1) is 16.8 Å². The fourth-order valence-corrected chi connectivity index (χ4v) is 8.30. The summed E-state index contributed by atoms with van der Waals surface area (Å²) in [6.07, 6.45) is 0. The first-order valence-electron chi connectivity index (χ1n) is 6.58. The minimum absolute atomic E-state index is 0.115. The summed E-state index contributed by atoms with van der Waals surface area (Å²) >= 11 is 1.13. The standard InChI is InChI=1S/C12H20N2O4S3/c1-14(2)6-5-13-10-8-20(15,16)9-11(10)21(17,18)12-4-3-7-19-12/h3-4,7,10-11,13H,5-6,8-9H2,1-2H3/t10-,11-/m0/s1. The number of nitrogens with zero attached hydrogens (tertiary/aromatic N) is 1. The van der Waals surface area contributed by atoms with Crippen molar-refractivity contribution in [3.63, 3.8) is 0 Å². The Bertz CT molecular complexity index is 665. The van der Waals surface area contributed by atoms with E-state index in [9.17, 15) is 16.8 Å². The molecule has 1 fully saturated rings. The van der Waals surface area contributed by atoms with Crippen LogP contribution >= 0.6 is 11.3 Å². The normalized spacial score (nSPS) is 25.5. The predicted octanol–water partition coefficient (Wildman–Crippen LogP) is -0.161. The number of nitrogens with one attached hydrogen (secondary N) is 1. The molecule has 1 aromatic heterocycles. The Kier molecular flexibility index (Phi) is 5.09. The summed E-state index contributed by atoms with van der Waals surface area (Å²) in [6.45, 7) is 1.28. The molecule has 0 aliphatic carbocycles. The highest BCUT2D eigenvalue weighted by Crippen LogP contribution is 2.28. The Labute approximate surface area is 130 Å². The van der Waals surface area contributed by atoms with Crippen molar-refractivity contribution in [3.05, 3.63) is 17.5 Å². The first-order chi connectivity index (χ1) is 9.72. The number of hydrogen-bond donors (Lipinski definition) is 1. The van der Waals surface area contributed by atoms with E-state index >= 15 is 0 Å². The third kappa shape index (κ3) is 4.04. The van der Waals surface area contributed by atoms with Crippen LogP contribution in [0.1, 0.15) is 0 Å². The first kappa shape index (κ1) is 16.9. The maximum Gasteiger partial charge on any atom is 0.193 e. The summed E-state index contributed by atoms with van der Waals surface area (Å²) in [5, 5.41) is 3.88. The minimum Gasteiger partial charge on any atom is -0.310 e. The van der Waals surface area contributed by atoms with Crippen LogP contribution in [0.5, 0.6) is 0 Å². The molecule has 0 radical (unpaired) electrons. The highest BCUT2D eigenvalue weighted by atomic mass is 32.2. The zero-order valence-corrected chi connectivity index (χ0v) is 14.5. The van der Waals surface area contributed by atoms with E-state index in [-0.39, 0.29) is 15.7 Å². The van der Waals surface area contributed by atoms with E-state index in [0.717, 1.165) is 17.9 Å². The highest BCUT2D eigenvalue weighted by molar-refractivity contribution is 7.97. The van der Waals surface area contributed by atoms with Gasteiger partial charge in [-0.25, -0.2) is 16.8 Å². The summed E-state index contributed by atoms with van der Waals surface area (Å²) in [5.74, 6) is -0.414. The van der Waals surface area contributed by atoms with Crippen molar-refractivity contribution in [3.8, 4) is 0 Å². The molecule has 120 valence electrons. The summed E-state index contributed by atoms with van der Waals surface area (Å²) in [7, 11) is -3.10. The Balaban J connectivity index is 2.19. The number of hydrogen-bond acceptors (Lipinski definition) is 7. The lowest BCUT2D eigenvalue weighted by Gasteiger charge is -2.20. The van der Waals surface area contributed by atoms with E-state index in [1.807, 2.05) is 19.0 Å². The van der Waals surface area contributed by atoms with Crippen LogP contribution in [0.25, 0.3) is 0 Å². The third-order valence-corrected chi connectivity index (χ3v) is 9.02. The number of likely N-dealkylation sites (N-methyl/N-ethyl adjacent to an activating group) is 1. The van der Waals surface area contributed by atoms with Gasteiger partial charge < -0.3 is 10.2 Å². The molecule has 0 aromatic carbocycles. The van der Waals surface area contributed by atoms with Gasteiger partial charge in [0.15, 0.2) is 19.7 Å². The van der Waals surface area contributed by atoms with Gasteiger partial charge in [-0.1, -0.05) is 6.07 Å². The fourth-order valence-electron chi connectivity index (χ4n) is 2.36. The molecule has 2 heterocycles. The molecule has 2 rings (SSSR count). The van der Waals surface area contributed by atoms with Crippen molar-refractivity contribution in [1.29, 1.82) is 0 Å².